The number of fused-ring (bicyclic) bond motifs is 3. The summed E-state index contributed by atoms with van der Waals surface area (Å²) in [5, 5.41) is 2.54. The van der Waals surface area contributed by atoms with Crippen molar-refractivity contribution in [3.63, 3.8) is 0 Å². The van der Waals surface area contributed by atoms with E-state index >= 15 is 0 Å². The van der Waals surface area contributed by atoms with Crippen LogP contribution in [0, 0.1) is 0 Å². The topological polar surface area (TPSA) is 17.8 Å². The third kappa shape index (κ3) is 2.15. The predicted octanol–water partition coefficient (Wildman–Crippen LogP) is 5.85. The lowest BCUT2D eigenvalue weighted by atomic mass is 10.0. The highest BCUT2D eigenvalue weighted by molar-refractivity contribution is 6.13. The van der Waals surface area contributed by atoms with E-state index in [-0.39, 0.29) is 0 Å². The van der Waals surface area contributed by atoms with Crippen molar-refractivity contribution in [1.82, 2.24) is 9.55 Å². The van der Waals surface area contributed by atoms with Crippen LogP contribution in [0.3, 0.4) is 0 Å². The zero-order valence-corrected chi connectivity index (χ0v) is 13.6. The molecular formula is C23H16N2. The van der Waals surface area contributed by atoms with Crippen molar-refractivity contribution in [3.05, 3.63) is 97.3 Å². The number of pyridine rings is 1. The normalized spacial score (nSPS) is 11.2. The molecule has 2 heterocycles. The molecule has 0 radical (unpaired) electrons. The third-order valence-corrected chi connectivity index (χ3v) is 4.68. The first-order valence-electron chi connectivity index (χ1n) is 8.41. The van der Waals surface area contributed by atoms with Gasteiger partial charge < -0.3 is 4.57 Å². The van der Waals surface area contributed by atoms with Gasteiger partial charge in [0.2, 0.25) is 0 Å². The van der Waals surface area contributed by atoms with Gasteiger partial charge in [-0.05, 0) is 24.3 Å². The van der Waals surface area contributed by atoms with Gasteiger partial charge in [-0.2, -0.15) is 0 Å². The molecular weight excluding hydrogens is 304 g/mol. The van der Waals surface area contributed by atoms with Crippen LogP contribution in [0.25, 0.3) is 38.6 Å². The van der Waals surface area contributed by atoms with Gasteiger partial charge in [0.1, 0.15) is 0 Å². The first-order chi connectivity index (χ1) is 12.4. The molecule has 0 atom stereocenters. The number of hydrogen-bond acceptors (Lipinski definition) is 1. The molecule has 0 saturated carbocycles. The van der Waals surface area contributed by atoms with Gasteiger partial charge in [-0.3, -0.25) is 4.98 Å². The maximum absolute atomic E-state index is 4.31. The first kappa shape index (κ1) is 14.0. The summed E-state index contributed by atoms with van der Waals surface area (Å²) >= 11 is 0. The Morgan fingerprint density at radius 3 is 2.28 bits per heavy atom. The van der Waals surface area contributed by atoms with Crippen molar-refractivity contribution in [2.75, 3.05) is 0 Å². The van der Waals surface area contributed by atoms with E-state index in [0.29, 0.717) is 0 Å². The fraction of sp³-hybridized carbons (Fsp3) is 0. The molecule has 5 aromatic rings. The monoisotopic (exact) mass is 320 g/mol. The molecule has 2 aromatic heterocycles. The summed E-state index contributed by atoms with van der Waals surface area (Å²) in [6, 6.07) is 29.8. The van der Waals surface area contributed by atoms with Gasteiger partial charge in [-0.25, -0.2) is 0 Å². The van der Waals surface area contributed by atoms with Crippen molar-refractivity contribution >= 4 is 21.8 Å². The highest BCUT2D eigenvalue weighted by atomic mass is 15.0. The van der Waals surface area contributed by atoms with E-state index in [2.05, 4.69) is 88.4 Å². The highest BCUT2D eigenvalue weighted by Gasteiger charge is 2.15. The minimum atomic E-state index is 1.13. The third-order valence-electron chi connectivity index (χ3n) is 4.68. The van der Waals surface area contributed by atoms with Crippen LogP contribution in [0.1, 0.15) is 0 Å². The lowest BCUT2D eigenvalue weighted by Gasteiger charge is -2.11. The largest absolute Gasteiger partial charge is 0.309 e. The smallest absolute Gasteiger partial charge is 0.0620 e. The molecule has 0 spiro atoms. The average Bonchev–Trinajstić information content (AvgIpc) is 3.04. The van der Waals surface area contributed by atoms with Gasteiger partial charge in [0.05, 0.1) is 11.0 Å². The summed E-state index contributed by atoms with van der Waals surface area (Å²) in [7, 11) is 0. The molecule has 0 aliphatic rings. The Hall–Kier alpha value is -3.39. The van der Waals surface area contributed by atoms with Crippen LogP contribution >= 0.6 is 0 Å². The van der Waals surface area contributed by atoms with E-state index in [1.165, 1.54) is 33.1 Å². The van der Waals surface area contributed by atoms with Gasteiger partial charge in [0.25, 0.3) is 0 Å². The van der Waals surface area contributed by atoms with Gasteiger partial charge in [0, 0.05) is 40.0 Å². The van der Waals surface area contributed by atoms with E-state index in [9.17, 15) is 0 Å². The second-order valence-corrected chi connectivity index (χ2v) is 6.13. The molecule has 0 N–H and O–H groups in total. The Kier molecular flexibility index (Phi) is 3.14. The number of hydrogen-bond donors (Lipinski definition) is 0. The molecule has 0 aliphatic carbocycles. The molecule has 0 bridgehead atoms. The molecule has 3 aromatic carbocycles. The van der Waals surface area contributed by atoms with Crippen LogP contribution in [0.15, 0.2) is 97.3 Å². The zero-order valence-electron chi connectivity index (χ0n) is 13.6. The van der Waals surface area contributed by atoms with Gasteiger partial charge in [-0.1, -0.05) is 60.7 Å². The van der Waals surface area contributed by atoms with Crippen LogP contribution in [-0.2, 0) is 0 Å². The minimum absolute atomic E-state index is 1.13. The van der Waals surface area contributed by atoms with Crippen molar-refractivity contribution in [1.29, 1.82) is 0 Å². The van der Waals surface area contributed by atoms with E-state index < -0.39 is 0 Å². The molecule has 0 saturated heterocycles. The maximum atomic E-state index is 4.31. The lowest BCUT2D eigenvalue weighted by molar-refractivity contribution is 1.18. The van der Waals surface area contributed by atoms with Gasteiger partial charge in [0.15, 0.2) is 0 Å². The van der Waals surface area contributed by atoms with Crippen molar-refractivity contribution in [2.24, 2.45) is 0 Å². The maximum Gasteiger partial charge on any atom is 0.0620 e. The molecule has 0 amide bonds. The molecule has 5 rings (SSSR count). The molecule has 25 heavy (non-hydrogen) atoms. The molecule has 0 unspecified atom stereocenters. The van der Waals surface area contributed by atoms with Gasteiger partial charge in [-0.15, -0.1) is 0 Å². The number of nitrogens with zero attached hydrogens (tertiary/aromatic N) is 2. The van der Waals surface area contributed by atoms with Crippen molar-refractivity contribution < 1.29 is 0 Å². The molecule has 118 valence electrons. The summed E-state index contributed by atoms with van der Waals surface area (Å²) in [6.45, 7) is 0. The fourth-order valence-electron chi connectivity index (χ4n) is 3.62. The number of aromatic nitrogens is 2. The Balaban J connectivity index is 1.99. The van der Waals surface area contributed by atoms with Crippen molar-refractivity contribution in [2.45, 2.75) is 0 Å². The second kappa shape index (κ2) is 5.60. The Morgan fingerprint density at radius 1 is 0.640 bits per heavy atom. The highest BCUT2D eigenvalue weighted by Crippen LogP contribution is 2.37. The lowest BCUT2D eigenvalue weighted by Crippen LogP contribution is -1.95. The number of rotatable bonds is 2. The summed E-state index contributed by atoms with van der Waals surface area (Å²) in [4.78, 5) is 4.31. The van der Waals surface area contributed by atoms with E-state index in [1.54, 1.807) is 0 Å². The van der Waals surface area contributed by atoms with Crippen molar-refractivity contribution in [3.8, 4) is 16.8 Å². The van der Waals surface area contributed by atoms with Crippen LogP contribution in [-0.4, -0.2) is 9.55 Å². The second-order valence-electron chi connectivity index (χ2n) is 6.13. The molecule has 0 aliphatic heterocycles. The Morgan fingerprint density at radius 2 is 1.44 bits per heavy atom. The molecule has 0 fully saturated rings. The summed E-state index contributed by atoms with van der Waals surface area (Å²) < 4.78 is 2.35. The standard InChI is InChI=1S/C23H16N2/c1-2-9-18(10-3-1)25-22-14-5-4-11-20(22)21-13-6-12-19(23(21)25)17-8-7-15-24-16-17/h1-16H. The number of benzene rings is 3. The number of para-hydroxylation sites is 3. The van der Waals surface area contributed by atoms with E-state index in [4.69, 9.17) is 0 Å². The molecule has 2 nitrogen and oxygen atoms in total. The summed E-state index contributed by atoms with van der Waals surface area (Å²) in [5.41, 5.74) is 5.95. The van der Waals surface area contributed by atoms with Crippen LogP contribution in [0.5, 0.6) is 0 Å². The Bertz CT molecular complexity index is 1170. The van der Waals surface area contributed by atoms with Gasteiger partial charge >= 0.3 is 0 Å². The van der Waals surface area contributed by atoms with Crippen LogP contribution in [0.4, 0.5) is 0 Å². The summed E-state index contributed by atoms with van der Waals surface area (Å²) in [5.74, 6) is 0. The fourth-order valence-corrected chi connectivity index (χ4v) is 3.62. The Labute approximate surface area is 146 Å². The quantitative estimate of drug-likeness (QED) is 0.399. The average molecular weight is 320 g/mol. The first-order valence-corrected chi connectivity index (χ1v) is 8.41. The van der Waals surface area contributed by atoms with E-state index in [1.807, 2.05) is 18.5 Å². The minimum Gasteiger partial charge on any atom is -0.309 e. The predicted molar refractivity (Wildman–Crippen MR) is 104 cm³/mol. The SMILES string of the molecule is c1ccc(-n2c3ccccc3c3cccc(-c4cccnc4)c32)cc1. The zero-order chi connectivity index (χ0) is 16.6. The summed E-state index contributed by atoms with van der Waals surface area (Å²) in [6.07, 6.45) is 3.75. The van der Waals surface area contributed by atoms with Crippen LogP contribution in [0.2, 0.25) is 0 Å². The van der Waals surface area contributed by atoms with Crippen LogP contribution < -0.4 is 0 Å². The molecule has 2 heteroatoms. The van der Waals surface area contributed by atoms with E-state index in [0.717, 1.165) is 5.56 Å².